The third-order valence-electron chi connectivity index (χ3n) is 2.23. The van der Waals surface area contributed by atoms with E-state index in [2.05, 4.69) is 5.32 Å². The van der Waals surface area contributed by atoms with Crippen molar-refractivity contribution in [1.82, 2.24) is 5.32 Å². The average Bonchev–Trinajstić information content (AvgIpc) is 2.34. The first-order chi connectivity index (χ1) is 8.90. The van der Waals surface area contributed by atoms with Crippen molar-refractivity contribution >= 4 is 28.5 Å². The summed E-state index contributed by atoms with van der Waals surface area (Å²) in [5, 5.41) is 2.76. The van der Waals surface area contributed by atoms with Crippen LogP contribution < -0.4 is 10.1 Å². The zero-order valence-electron chi connectivity index (χ0n) is 10.8. The molecule has 106 valence electrons. The molecule has 1 amide bonds. The molecular weight excluding hydrogens is 367 g/mol. The van der Waals surface area contributed by atoms with Crippen molar-refractivity contribution in [2.75, 3.05) is 13.2 Å². The number of alkyl halides is 2. The summed E-state index contributed by atoms with van der Waals surface area (Å²) in [6.07, 6.45) is -2.53. The van der Waals surface area contributed by atoms with E-state index in [0.717, 1.165) is 0 Å². The Labute approximate surface area is 124 Å². The number of carbonyl (C=O) groups excluding carboxylic acids is 1. The van der Waals surface area contributed by atoms with Crippen molar-refractivity contribution in [2.45, 2.75) is 20.3 Å². The lowest BCUT2D eigenvalue weighted by Crippen LogP contribution is -2.27. The van der Waals surface area contributed by atoms with Crippen molar-refractivity contribution in [3.8, 4) is 5.75 Å². The highest BCUT2D eigenvalue weighted by Crippen LogP contribution is 2.22. The smallest absolute Gasteiger partial charge is 0.272 e. The van der Waals surface area contributed by atoms with Gasteiger partial charge in [-0.3, -0.25) is 4.79 Å². The molecule has 0 atom stereocenters. The van der Waals surface area contributed by atoms with Crippen LogP contribution in [-0.2, 0) is 0 Å². The first-order valence-electron chi connectivity index (χ1n) is 5.89. The van der Waals surface area contributed by atoms with E-state index >= 15 is 0 Å². The minimum atomic E-state index is -2.53. The summed E-state index contributed by atoms with van der Waals surface area (Å²) in [4.78, 5) is 11.8. The molecule has 0 heterocycles. The lowest BCUT2D eigenvalue weighted by atomic mass is 10.2. The molecule has 1 aromatic rings. The van der Waals surface area contributed by atoms with Crippen LogP contribution in [0.5, 0.6) is 5.75 Å². The van der Waals surface area contributed by atoms with E-state index in [-0.39, 0.29) is 5.91 Å². The Hall–Kier alpha value is -0.920. The highest BCUT2D eigenvalue weighted by molar-refractivity contribution is 14.1. The summed E-state index contributed by atoms with van der Waals surface area (Å²) >= 11 is 1.98. The van der Waals surface area contributed by atoms with Crippen molar-refractivity contribution in [3.05, 3.63) is 27.3 Å². The Bertz CT molecular complexity index is 439. The molecule has 0 aliphatic heterocycles. The van der Waals surface area contributed by atoms with Gasteiger partial charge in [-0.2, -0.15) is 0 Å². The van der Waals surface area contributed by atoms with Crippen LogP contribution in [0.3, 0.4) is 0 Å². The predicted octanol–water partition coefficient (Wildman–Crippen LogP) is 3.32. The van der Waals surface area contributed by atoms with Gasteiger partial charge in [0.1, 0.15) is 12.4 Å². The van der Waals surface area contributed by atoms with Crippen LogP contribution in [0.15, 0.2) is 18.2 Å². The summed E-state index contributed by atoms with van der Waals surface area (Å²) in [5.74, 6) is 0.424. The number of amides is 1. The summed E-state index contributed by atoms with van der Waals surface area (Å²) in [5.41, 5.74) is 0.408. The zero-order chi connectivity index (χ0) is 14.4. The SMILES string of the molecule is CC(C)CNC(=O)c1ccc(I)c(OCC(F)F)c1. The Kier molecular flexibility index (Phi) is 6.47. The van der Waals surface area contributed by atoms with Gasteiger partial charge in [0.05, 0.1) is 3.57 Å². The maximum atomic E-state index is 12.1. The second-order valence-electron chi connectivity index (χ2n) is 4.45. The van der Waals surface area contributed by atoms with Crippen molar-refractivity contribution in [2.24, 2.45) is 5.92 Å². The van der Waals surface area contributed by atoms with Gasteiger partial charge in [0, 0.05) is 12.1 Å². The molecule has 0 unspecified atom stereocenters. The van der Waals surface area contributed by atoms with E-state index in [1.807, 2.05) is 36.4 Å². The summed E-state index contributed by atoms with van der Waals surface area (Å²) in [6, 6.07) is 4.80. The van der Waals surface area contributed by atoms with Crippen LogP contribution in [0.2, 0.25) is 0 Å². The van der Waals surface area contributed by atoms with Crippen LogP contribution in [0.25, 0.3) is 0 Å². The topological polar surface area (TPSA) is 38.3 Å². The van der Waals surface area contributed by atoms with E-state index in [1.165, 1.54) is 6.07 Å². The van der Waals surface area contributed by atoms with E-state index in [1.54, 1.807) is 12.1 Å². The number of ether oxygens (including phenoxy) is 1. The average molecular weight is 383 g/mol. The van der Waals surface area contributed by atoms with Gasteiger partial charge in [-0.05, 0) is 46.7 Å². The number of halogens is 3. The maximum Gasteiger partial charge on any atom is 0.272 e. The van der Waals surface area contributed by atoms with E-state index in [9.17, 15) is 13.6 Å². The molecular formula is C13H16F2INO2. The van der Waals surface area contributed by atoms with Gasteiger partial charge >= 0.3 is 0 Å². The summed E-state index contributed by atoms with van der Waals surface area (Å²) < 4.78 is 29.9. The van der Waals surface area contributed by atoms with Gasteiger partial charge in [-0.25, -0.2) is 8.78 Å². The molecule has 0 radical (unpaired) electrons. The predicted molar refractivity (Wildman–Crippen MR) is 77.8 cm³/mol. The number of hydrogen-bond donors (Lipinski definition) is 1. The summed E-state index contributed by atoms with van der Waals surface area (Å²) in [7, 11) is 0. The fourth-order valence-corrected chi connectivity index (χ4v) is 1.80. The fraction of sp³-hybridized carbons (Fsp3) is 0.462. The first-order valence-corrected chi connectivity index (χ1v) is 6.96. The number of benzene rings is 1. The van der Waals surface area contributed by atoms with Crippen LogP contribution in [-0.4, -0.2) is 25.5 Å². The lowest BCUT2D eigenvalue weighted by molar-refractivity contribution is 0.0813. The molecule has 3 nitrogen and oxygen atoms in total. The Morgan fingerprint density at radius 1 is 1.42 bits per heavy atom. The second-order valence-corrected chi connectivity index (χ2v) is 5.61. The van der Waals surface area contributed by atoms with Gasteiger partial charge in [-0.1, -0.05) is 13.8 Å². The molecule has 0 aliphatic rings. The van der Waals surface area contributed by atoms with Gasteiger partial charge in [0.2, 0.25) is 0 Å². The second kappa shape index (κ2) is 7.62. The molecule has 0 spiro atoms. The minimum Gasteiger partial charge on any atom is -0.487 e. The third-order valence-corrected chi connectivity index (χ3v) is 3.12. The van der Waals surface area contributed by atoms with Crippen molar-refractivity contribution < 1.29 is 18.3 Å². The number of rotatable bonds is 6. The van der Waals surface area contributed by atoms with Crippen LogP contribution in [0, 0.1) is 9.49 Å². The molecule has 1 aromatic carbocycles. The highest BCUT2D eigenvalue weighted by atomic mass is 127. The van der Waals surface area contributed by atoms with Crippen LogP contribution in [0.1, 0.15) is 24.2 Å². The fourth-order valence-electron chi connectivity index (χ4n) is 1.31. The first kappa shape index (κ1) is 16.1. The van der Waals surface area contributed by atoms with Gasteiger partial charge in [0.15, 0.2) is 0 Å². The largest absolute Gasteiger partial charge is 0.487 e. The zero-order valence-corrected chi connectivity index (χ0v) is 12.9. The monoisotopic (exact) mass is 383 g/mol. The lowest BCUT2D eigenvalue weighted by Gasteiger charge is -2.11. The molecule has 0 saturated heterocycles. The minimum absolute atomic E-state index is 0.230. The van der Waals surface area contributed by atoms with E-state index in [0.29, 0.717) is 27.3 Å². The normalized spacial score (nSPS) is 10.9. The molecule has 0 fully saturated rings. The van der Waals surface area contributed by atoms with Gasteiger partial charge in [0.25, 0.3) is 12.3 Å². The number of nitrogens with one attached hydrogen (secondary N) is 1. The number of hydrogen-bond acceptors (Lipinski definition) is 2. The standard InChI is InChI=1S/C13H16F2INO2/c1-8(2)6-17-13(18)9-3-4-10(16)11(5-9)19-7-12(14)15/h3-5,8,12H,6-7H2,1-2H3,(H,17,18). The molecule has 0 aromatic heterocycles. The molecule has 0 aliphatic carbocycles. The van der Waals surface area contributed by atoms with E-state index in [4.69, 9.17) is 4.74 Å². The van der Waals surface area contributed by atoms with Crippen LogP contribution >= 0.6 is 22.6 Å². The van der Waals surface area contributed by atoms with Gasteiger partial charge in [-0.15, -0.1) is 0 Å². The summed E-state index contributed by atoms with van der Waals surface area (Å²) in [6.45, 7) is 3.88. The highest BCUT2D eigenvalue weighted by Gasteiger charge is 2.11. The molecule has 0 bridgehead atoms. The van der Waals surface area contributed by atoms with Gasteiger partial charge < -0.3 is 10.1 Å². The Morgan fingerprint density at radius 2 is 2.11 bits per heavy atom. The molecule has 1 rings (SSSR count). The molecule has 19 heavy (non-hydrogen) atoms. The molecule has 6 heteroatoms. The maximum absolute atomic E-state index is 12.1. The Balaban J connectivity index is 2.74. The van der Waals surface area contributed by atoms with Crippen LogP contribution in [0.4, 0.5) is 8.78 Å². The third kappa shape index (κ3) is 5.71. The van der Waals surface area contributed by atoms with E-state index < -0.39 is 13.0 Å². The Morgan fingerprint density at radius 3 is 2.68 bits per heavy atom. The van der Waals surface area contributed by atoms with Crippen molar-refractivity contribution in [1.29, 1.82) is 0 Å². The van der Waals surface area contributed by atoms with Crippen molar-refractivity contribution in [3.63, 3.8) is 0 Å². The quantitative estimate of drug-likeness (QED) is 0.766. The number of carbonyl (C=O) groups is 1. The molecule has 0 saturated carbocycles. The molecule has 1 N–H and O–H groups in total.